The number of nitrogens with one attached hydrogen (secondary N) is 1. The largest absolute Gasteiger partial charge is 0.481 e. The minimum Gasteiger partial charge on any atom is -0.481 e. The standard InChI is InChI=1S/C27H47NO3/c1-4-5-6-7-8-9-10-11-12-13-14-15-16-17-18-19-25(29)27-23(3)28-22(2)24(27)20-21-26(30)31/h28H,4-21H2,1-3H3,(H,30,31). The van der Waals surface area contributed by atoms with Gasteiger partial charge in [-0.1, -0.05) is 96.8 Å². The average molecular weight is 434 g/mol. The molecular weight excluding hydrogens is 386 g/mol. The summed E-state index contributed by atoms with van der Waals surface area (Å²) in [7, 11) is 0. The van der Waals surface area contributed by atoms with E-state index in [4.69, 9.17) is 5.11 Å². The van der Waals surface area contributed by atoms with E-state index in [1.807, 2.05) is 13.8 Å². The number of carboxylic acids is 1. The van der Waals surface area contributed by atoms with E-state index in [0.717, 1.165) is 35.4 Å². The molecule has 31 heavy (non-hydrogen) atoms. The zero-order valence-corrected chi connectivity index (χ0v) is 20.5. The first kappa shape index (κ1) is 27.5. The molecule has 0 saturated heterocycles. The van der Waals surface area contributed by atoms with Gasteiger partial charge in [-0.25, -0.2) is 0 Å². The van der Waals surface area contributed by atoms with Gasteiger partial charge in [0, 0.05) is 29.8 Å². The SMILES string of the molecule is CCCCCCCCCCCCCCCCCC(=O)c1c(C)[nH]c(C)c1CCC(=O)O. The molecule has 0 aliphatic rings. The third-order valence-electron chi connectivity index (χ3n) is 6.38. The highest BCUT2D eigenvalue weighted by atomic mass is 16.4. The highest BCUT2D eigenvalue weighted by Crippen LogP contribution is 2.23. The van der Waals surface area contributed by atoms with Crippen LogP contribution in [0, 0.1) is 13.8 Å². The van der Waals surface area contributed by atoms with Crippen molar-refractivity contribution in [3.05, 3.63) is 22.5 Å². The first-order chi connectivity index (χ1) is 15.0. The maximum absolute atomic E-state index is 12.7. The van der Waals surface area contributed by atoms with Gasteiger partial charge in [0.05, 0.1) is 0 Å². The molecule has 0 aliphatic carbocycles. The van der Waals surface area contributed by atoms with Crippen molar-refractivity contribution in [2.24, 2.45) is 0 Å². The van der Waals surface area contributed by atoms with Crippen molar-refractivity contribution < 1.29 is 14.7 Å². The van der Waals surface area contributed by atoms with Crippen molar-refractivity contribution >= 4 is 11.8 Å². The zero-order chi connectivity index (χ0) is 22.9. The molecule has 0 bridgehead atoms. The second-order valence-electron chi connectivity index (χ2n) is 9.25. The van der Waals surface area contributed by atoms with Crippen LogP contribution in [-0.4, -0.2) is 21.8 Å². The number of carboxylic acid groups (broad SMARTS) is 1. The van der Waals surface area contributed by atoms with Gasteiger partial charge in [0.1, 0.15) is 0 Å². The monoisotopic (exact) mass is 433 g/mol. The number of aliphatic carboxylic acids is 1. The minimum absolute atomic E-state index is 0.0668. The van der Waals surface area contributed by atoms with Gasteiger partial charge in [-0.2, -0.15) is 0 Å². The van der Waals surface area contributed by atoms with E-state index in [0.29, 0.717) is 12.8 Å². The van der Waals surface area contributed by atoms with E-state index < -0.39 is 5.97 Å². The lowest BCUT2D eigenvalue weighted by Crippen LogP contribution is -2.06. The van der Waals surface area contributed by atoms with E-state index in [9.17, 15) is 9.59 Å². The van der Waals surface area contributed by atoms with E-state index in [1.54, 1.807) is 0 Å². The molecule has 4 heteroatoms. The number of unbranched alkanes of at least 4 members (excludes halogenated alkanes) is 14. The molecule has 4 nitrogen and oxygen atoms in total. The molecule has 1 rings (SSSR count). The highest BCUT2D eigenvalue weighted by Gasteiger charge is 2.19. The number of aryl methyl sites for hydroxylation is 2. The summed E-state index contributed by atoms with van der Waals surface area (Å²) < 4.78 is 0. The Morgan fingerprint density at radius 1 is 0.677 bits per heavy atom. The zero-order valence-electron chi connectivity index (χ0n) is 20.5. The van der Waals surface area contributed by atoms with Crippen molar-refractivity contribution in [1.82, 2.24) is 4.98 Å². The molecule has 1 heterocycles. The predicted octanol–water partition coefficient (Wildman–Crippen LogP) is 8.09. The van der Waals surface area contributed by atoms with Gasteiger partial charge in [0.15, 0.2) is 5.78 Å². The fourth-order valence-corrected chi connectivity index (χ4v) is 4.54. The Balaban J connectivity index is 2.07. The topological polar surface area (TPSA) is 70.2 Å². The van der Waals surface area contributed by atoms with Crippen LogP contribution in [0.4, 0.5) is 0 Å². The molecule has 0 radical (unpaired) electrons. The lowest BCUT2D eigenvalue weighted by Gasteiger charge is -2.06. The fourth-order valence-electron chi connectivity index (χ4n) is 4.54. The second-order valence-corrected chi connectivity index (χ2v) is 9.25. The smallest absolute Gasteiger partial charge is 0.303 e. The van der Waals surface area contributed by atoms with E-state index in [2.05, 4.69) is 11.9 Å². The van der Waals surface area contributed by atoms with Crippen LogP contribution in [0.5, 0.6) is 0 Å². The molecule has 2 N–H and O–H groups in total. The Kier molecular flexibility index (Phi) is 15.1. The van der Waals surface area contributed by atoms with Gasteiger partial charge in [-0.3, -0.25) is 9.59 Å². The number of Topliss-reactive ketones (excluding diaryl/α,β-unsaturated/α-hetero) is 1. The first-order valence-corrected chi connectivity index (χ1v) is 12.9. The van der Waals surface area contributed by atoms with E-state index in [1.165, 1.54) is 83.5 Å². The van der Waals surface area contributed by atoms with Crippen molar-refractivity contribution in [2.75, 3.05) is 0 Å². The molecule has 0 saturated carbocycles. The number of rotatable bonds is 20. The number of H-pyrrole nitrogens is 1. The molecule has 0 spiro atoms. The van der Waals surface area contributed by atoms with Gasteiger partial charge in [-0.05, 0) is 32.3 Å². The van der Waals surface area contributed by atoms with Crippen molar-refractivity contribution in [1.29, 1.82) is 0 Å². The van der Waals surface area contributed by atoms with Crippen molar-refractivity contribution in [3.63, 3.8) is 0 Å². The summed E-state index contributed by atoms with van der Waals surface area (Å²) in [5.74, 6) is -0.656. The van der Waals surface area contributed by atoms with Crippen molar-refractivity contribution in [2.45, 2.75) is 136 Å². The molecule has 1 aromatic heterocycles. The maximum Gasteiger partial charge on any atom is 0.303 e. The average Bonchev–Trinajstić information content (AvgIpc) is 3.02. The maximum atomic E-state index is 12.7. The second kappa shape index (κ2) is 17.0. The van der Waals surface area contributed by atoms with Crippen LogP contribution in [0.3, 0.4) is 0 Å². The Hall–Kier alpha value is -1.58. The van der Waals surface area contributed by atoms with Crippen LogP contribution >= 0.6 is 0 Å². The molecule has 178 valence electrons. The number of carbonyl (C=O) groups is 2. The lowest BCUT2D eigenvalue weighted by atomic mass is 9.97. The lowest BCUT2D eigenvalue weighted by molar-refractivity contribution is -0.136. The molecule has 0 atom stereocenters. The quantitative estimate of drug-likeness (QED) is 0.161. The summed E-state index contributed by atoms with van der Waals surface area (Å²) >= 11 is 0. The van der Waals surface area contributed by atoms with Crippen LogP contribution in [0.25, 0.3) is 0 Å². The molecule has 0 amide bonds. The van der Waals surface area contributed by atoms with Gasteiger partial charge in [0.25, 0.3) is 0 Å². The van der Waals surface area contributed by atoms with Gasteiger partial charge in [-0.15, -0.1) is 0 Å². The number of ketones is 1. The molecular formula is C27H47NO3. The van der Waals surface area contributed by atoms with Gasteiger partial charge in [0.2, 0.25) is 0 Å². The molecule has 0 aromatic carbocycles. The van der Waals surface area contributed by atoms with Gasteiger partial charge >= 0.3 is 5.97 Å². The van der Waals surface area contributed by atoms with Gasteiger partial charge < -0.3 is 10.1 Å². The normalized spacial score (nSPS) is 11.2. The summed E-state index contributed by atoms with van der Waals surface area (Å²) in [4.78, 5) is 26.8. The van der Waals surface area contributed by atoms with Crippen molar-refractivity contribution in [3.8, 4) is 0 Å². The number of carbonyl (C=O) groups excluding carboxylic acids is 1. The summed E-state index contributed by atoms with van der Waals surface area (Å²) in [6, 6.07) is 0. The van der Waals surface area contributed by atoms with E-state index >= 15 is 0 Å². The predicted molar refractivity (Wildman–Crippen MR) is 130 cm³/mol. The van der Waals surface area contributed by atoms with Crippen LogP contribution < -0.4 is 0 Å². The van der Waals surface area contributed by atoms with Crippen LogP contribution in [0.15, 0.2) is 0 Å². The summed E-state index contributed by atoms with van der Waals surface area (Å²) in [5, 5.41) is 8.96. The molecule has 1 aromatic rings. The Labute approximate surface area is 190 Å². The summed E-state index contributed by atoms with van der Waals surface area (Å²) in [6.07, 6.45) is 20.8. The number of aromatic amines is 1. The Morgan fingerprint density at radius 3 is 1.58 bits per heavy atom. The highest BCUT2D eigenvalue weighted by molar-refractivity contribution is 5.99. The van der Waals surface area contributed by atoms with Crippen LogP contribution in [0.2, 0.25) is 0 Å². The summed E-state index contributed by atoms with van der Waals surface area (Å²) in [5.41, 5.74) is 3.44. The molecule has 0 fully saturated rings. The number of hydrogen-bond acceptors (Lipinski definition) is 2. The third-order valence-corrected chi connectivity index (χ3v) is 6.38. The number of aromatic nitrogens is 1. The fraction of sp³-hybridized carbons (Fsp3) is 0.778. The van der Waals surface area contributed by atoms with Crippen LogP contribution in [-0.2, 0) is 11.2 Å². The molecule has 0 unspecified atom stereocenters. The summed E-state index contributed by atoms with van der Waals surface area (Å²) in [6.45, 7) is 6.11. The Morgan fingerprint density at radius 2 is 1.13 bits per heavy atom. The Bertz CT molecular complexity index is 633. The third kappa shape index (κ3) is 12.1. The minimum atomic E-state index is -0.820. The van der Waals surface area contributed by atoms with E-state index in [-0.39, 0.29) is 12.2 Å². The number of hydrogen-bond donors (Lipinski definition) is 2. The molecule has 0 aliphatic heterocycles. The first-order valence-electron chi connectivity index (χ1n) is 12.9. The van der Waals surface area contributed by atoms with Crippen LogP contribution in [0.1, 0.15) is 143 Å².